The molecule has 3 rings (SSSR count). The van der Waals surface area contributed by atoms with Gasteiger partial charge in [0.1, 0.15) is 5.82 Å². The number of hydrogen-bond donors (Lipinski definition) is 3. The molecule has 110 valence electrons. The van der Waals surface area contributed by atoms with Gasteiger partial charge < -0.3 is 10.6 Å². The van der Waals surface area contributed by atoms with Crippen molar-refractivity contribution >= 4 is 23.0 Å². The minimum absolute atomic E-state index is 0.690. The molecule has 0 radical (unpaired) electrons. The molecule has 2 aromatic carbocycles. The summed E-state index contributed by atoms with van der Waals surface area (Å²) in [6.07, 6.45) is 10.8. The third-order valence-electron chi connectivity index (χ3n) is 3.19. The van der Waals surface area contributed by atoms with Gasteiger partial charge in [-0.2, -0.15) is 5.10 Å². The summed E-state index contributed by atoms with van der Waals surface area (Å²) in [4.78, 5) is 0. The van der Waals surface area contributed by atoms with E-state index >= 15 is 0 Å². The van der Waals surface area contributed by atoms with Crippen LogP contribution in [0.25, 0.3) is 0 Å². The number of rotatable bonds is 4. The average Bonchev–Trinajstić information content (AvgIpc) is 3.02. The third-order valence-corrected chi connectivity index (χ3v) is 3.19. The maximum Gasteiger partial charge on any atom is 0.154 e. The molecule has 0 aliphatic rings. The van der Waals surface area contributed by atoms with E-state index in [1.54, 1.807) is 0 Å². The van der Waals surface area contributed by atoms with Gasteiger partial charge in [-0.1, -0.05) is 24.0 Å². The van der Waals surface area contributed by atoms with Crippen LogP contribution >= 0.6 is 0 Å². The summed E-state index contributed by atoms with van der Waals surface area (Å²) in [7, 11) is 0. The zero-order valence-electron chi connectivity index (χ0n) is 12.3. The van der Waals surface area contributed by atoms with Crippen molar-refractivity contribution in [2.75, 3.05) is 10.6 Å². The predicted octanol–water partition coefficient (Wildman–Crippen LogP) is 3.86. The normalized spacial score (nSPS) is 9.65. The second-order valence-electron chi connectivity index (χ2n) is 4.87. The summed E-state index contributed by atoms with van der Waals surface area (Å²) < 4.78 is 0. The van der Waals surface area contributed by atoms with Crippen molar-refractivity contribution in [2.24, 2.45) is 0 Å². The van der Waals surface area contributed by atoms with E-state index in [0.29, 0.717) is 5.82 Å². The summed E-state index contributed by atoms with van der Waals surface area (Å²) in [5.74, 6) is 6.66. The van der Waals surface area contributed by atoms with Crippen molar-refractivity contribution in [1.82, 2.24) is 10.2 Å². The van der Waals surface area contributed by atoms with Crippen LogP contribution in [0, 0.1) is 24.7 Å². The summed E-state index contributed by atoms with van der Waals surface area (Å²) in [5, 5.41) is 13.6. The van der Waals surface area contributed by atoms with Crippen molar-refractivity contribution in [2.45, 2.75) is 0 Å². The number of benzene rings is 2. The molecule has 0 amide bonds. The Bertz CT molecular complexity index is 835. The monoisotopic (exact) mass is 298 g/mol. The number of nitrogens with zero attached hydrogens (tertiary/aromatic N) is 1. The number of aromatic nitrogens is 2. The lowest BCUT2D eigenvalue weighted by atomic mass is 10.2. The lowest BCUT2D eigenvalue weighted by molar-refractivity contribution is 1.09. The van der Waals surface area contributed by atoms with Crippen LogP contribution in [0.4, 0.5) is 23.0 Å². The van der Waals surface area contributed by atoms with Gasteiger partial charge in [0.25, 0.3) is 0 Å². The van der Waals surface area contributed by atoms with Gasteiger partial charge in [-0.15, -0.1) is 12.8 Å². The van der Waals surface area contributed by atoms with Gasteiger partial charge in [-0.05, 0) is 36.4 Å². The quantitative estimate of drug-likeness (QED) is 0.641. The van der Waals surface area contributed by atoms with Crippen molar-refractivity contribution in [1.29, 1.82) is 0 Å². The second-order valence-corrected chi connectivity index (χ2v) is 4.87. The fourth-order valence-electron chi connectivity index (χ4n) is 2.13. The number of aromatic amines is 1. The van der Waals surface area contributed by atoms with Crippen molar-refractivity contribution < 1.29 is 0 Å². The topological polar surface area (TPSA) is 52.7 Å². The molecule has 0 saturated heterocycles. The van der Waals surface area contributed by atoms with Crippen LogP contribution in [-0.2, 0) is 0 Å². The SMILES string of the molecule is C#Cc1cccc(Nc2cc(Nc3cccc(C#C)c3)[nH]n2)c1. The Morgan fingerprint density at radius 1 is 0.826 bits per heavy atom. The van der Waals surface area contributed by atoms with Gasteiger partial charge in [-0.3, -0.25) is 5.10 Å². The smallest absolute Gasteiger partial charge is 0.154 e. The summed E-state index contributed by atoms with van der Waals surface area (Å²) >= 11 is 0. The lowest BCUT2D eigenvalue weighted by Gasteiger charge is -2.03. The molecule has 4 nitrogen and oxygen atoms in total. The standard InChI is InChI=1S/C19H14N4/c1-3-14-7-5-9-16(11-14)20-18-13-19(23-22-18)21-17-10-6-8-15(4-2)12-17/h1-2,5-13H,(H3,20,21,22,23). The molecule has 0 aliphatic carbocycles. The van der Waals surface area contributed by atoms with Crippen LogP contribution in [0.1, 0.15) is 11.1 Å². The fraction of sp³-hybridized carbons (Fsp3) is 0. The van der Waals surface area contributed by atoms with Gasteiger partial charge in [0, 0.05) is 28.6 Å². The van der Waals surface area contributed by atoms with E-state index in [0.717, 1.165) is 28.3 Å². The van der Waals surface area contributed by atoms with Crippen LogP contribution in [0.5, 0.6) is 0 Å². The molecule has 1 heterocycles. The largest absolute Gasteiger partial charge is 0.341 e. The molecule has 3 N–H and O–H groups in total. The molecule has 0 fully saturated rings. The molecule has 0 saturated carbocycles. The fourth-order valence-corrected chi connectivity index (χ4v) is 2.13. The molecule has 0 bridgehead atoms. The van der Waals surface area contributed by atoms with Gasteiger partial charge in [0.15, 0.2) is 5.82 Å². The van der Waals surface area contributed by atoms with Gasteiger partial charge in [0.2, 0.25) is 0 Å². The second kappa shape index (κ2) is 6.43. The van der Waals surface area contributed by atoms with E-state index in [4.69, 9.17) is 12.8 Å². The number of nitrogens with one attached hydrogen (secondary N) is 3. The van der Waals surface area contributed by atoms with Crippen molar-refractivity contribution in [3.05, 3.63) is 65.7 Å². The van der Waals surface area contributed by atoms with Crippen LogP contribution in [-0.4, -0.2) is 10.2 Å². The van der Waals surface area contributed by atoms with Crippen molar-refractivity contribution in [3.63, 3.8) is 0 Å². The molecule has 3 aromatic rings. The summed E-state index contributed by atoms with van der Waals surface area (Å²) in [6.45, 7) is 0. The van der Waals surface area contributed by atoms with Gasteiger partial charge in [0.05, 0.1) is 0 Å². The molecule has 0 spiro atoms. The van der Waals surface area contributed by atoms with Gasteiger partial charge in [-0.25, -0.2) is 0 Å². The molecule has 0 atom stereocenters. The summed E-state index contributed by atoms with van der Waals surface area (Å²) in [6, 6.07) is 17.1. The first-order valence-electron chi connectivity index (χ1n) is 6.99. The summed E-state index contributed by atoms with van der Waals surface area (Å²) in [5.41, 5.74) is 3.41. The molecule has 23 heavy (non-hydrogen) atoms. The average molecular weight is 298 g/mol. The van der Waals surface area contributed by atoms with Crippen LogP contribution in [0.3, 0.4) is 0 Å². The molecule has 0 aliphatic heterocycles. The Balaban J connectivity index is 1.73. The Morgan fingerprint density at radius 3 is 2.04 bits per heavy atom. The van der Waals surface area contributed by atoms with E-state index in [1.807, 2.05) is 54.6 Å². The highest BCUT2D eigenvalue weighted by Gasteiger charge is 2.03. The zero-order chi connectivity index (χ0) is 16.1. The Morgan fingerprint density at radius 2 is 1.43 bits per heavy atom. The van der Waals surface area contributed by atoms with Crippen molar-refractivity contribution in [3.8, 4) is 24.7 Å². The molecular formula is C19H14N4. The van der Waals surface area contributed by atoms with E-state index < -0.39 is 0 Å². The Labute approximate surface area is 135 Å². The van der Waals surface area contributed by atoms with E-state index in [9.17, 15) is 0 Å². The first-order valence-corrected chi connectivity index (χ1v) is 6.99. The van der Waals surface area contributed by atoms with Crippen LogP contribution < -0.4 is 10.6 Å². The number of terminal acetylenes is 2. The number of hydrogen-bond acceptors (Lipinski definition) is 3. The Kier molecular flexibility index (Phi) is 4.00. The number of anilines is 4. The first kappa shape index (κ1) is 14.3. The molecular weight excluding hydrogens is 284 g/mol. The molecule has 4 heteroatoms. The first-order chi connectivity index (χ1) is 11.3. The maximum absolute atomic E-state index is 5.40. The predicted molar refractivity (Wildman–Crippen MR) is 93.9 cm³/mol. The maximum atomic E-state index is 5.40. The van der Waals surface area contributed by atoms with Gasteiger partial charge >= 0.3 is 0 Å². The minimum Gasteiger partial charge on any atom is -0.341 e. The lowest BCUT2D eigenvalue weighted by Crippen LogP contribution is -1.90. The molecule has 1 aromatic heterocycles. The molecule has 0 unspecified atom stereocenters. The zero-order valence-corrected chi connectivity index (χ0v) is 12.3. The van der Waals surface area contributed by atoms with Crippen LogP contribution in [0.15, 0.2) is 54.6 Å². The highest BCUT2D eigenvalue weighted by Crippen LogP contribution is 2.21. The highest BCUT2D eigenvalue weighted by atomic mass is 15.2. The minimum atomic E-state index is 0.690. The van der Waals surface area contributed by atoms with E-state index in [-0.39, 0.29) is 0 Å². The Hall–Kier alpha value is -3.63. The number of H-pyrrole nitrogens is 1. The van der Waals surface area contributed by atoms with Crippen LogP contribution in [0.2, 0.25) is 0 Å². The third kappa shape index (κ3) is 3.53. The van der Waals surface area contributed by atoms with E-state index in [2.05, 4.69) is 32.7 Å². The highest BCUT2D eigenvalue weighted by molar-refractivity contribution is 5.65. The van der Waals surface area contributed by atoms with E-state index in [1.165, 1.54) is 0 Å².